The van der Waals surface area contributed by atoms with Gasteiger partial charge in [-0.3, -0.25) is 4.79 Å². The predicted octanol–water partition coefficient (Wildman–Crippen LogP) is 3.28. The first-order valence-electron chi connectivity index (χ1n) is 11.3. The standard InChI is InChI=1S/C24H30ClN3O4S/c1-32-22-8-2-18(3-9-22)16-26-17-24(29)27-14-12-21(13-15-27)28(20-6-7-20)33(30,31)23-10-4-19(25)5-11-23/h2-5,8-11,20-21,26H,6-7,12-17H2,1H3. The molecule has 7 nitrogen and oxygen atoms in total. The number of sulfonamides is 1. The Labute approximate surface area is 200 Å². The highest BCUT2D eigenvalue weighted by atomic mass is 35.5. The monoisotopic (exact) mass is 491 g/mol. The maximum Gasteiger partial charge on any atom is 0.243 e. The van der Waals surface area contributed by atoms with Gasteiger partial charge in [-0.2, -0.15) is 4.31 Å². The van der Waals surface area contributed by atoms with Gasteiger partial charge in [0.1, 0.15) is 5.75 Å². The third-order valence-corrected chi connectivity index (χ3v) is 8.51. The molecule has 1 aliphatic carbocycles. The Morgan fingerprint density at radius 2 is 1.64 bits per heavy atom. The van der Waals surface area contributed by atoms with Crippen LogP contribution in [0.3, 0.4) is 0 Å². The average Bonchev–Trinajstić information content (AvgIpc) is 3.65. The zero-order chi connectivity index (χ0) is 23.4. The molecule has 1 heterocycles. The SMILES string of the molecule is COc1ccc(CNCC(=O)N2CCC(N(C3CC3)S(=O)(=O)c3ccc(Cl)cc3)CC2)cc1. The van der Waals surface area contributed by atoms with Crippen LogP contribution >= 0.6 is 11.6 Å². The third-order valence-electron chi connectivity index (χ3n) is 6.24. The van der Waals surface area contributed by atoms with Gasteiger partial charge in [-0.25, -0.2) is 8.42 Å². The van der Waals surface area contributed by atoms with E-state index < -0.39 is 10.0 Å². The van der Waals surface area contributed by atoms with E-state index in [0.29, 0.717) is 37.5 Å². The molecule has 1 saturated heterocycles. The summed E-state index contributed by atoms with van der Waals surface area (Å²) in [5, 5.41) is 3.71. The Hall–Kier alpha value is -2.13. The summed E-state index contributed by atoms with van der Waals surface area (Å²) in [6.45, 7) is 1.98. The molecule has 1 saturated carbocycles. The van der Waals surface area contributed by atoms with Gasteiger partial charge in [0, 0.05) is 36.7 Å². The summed E-state index contributed by atoms with van der Waals surface area (Å²) in [5.41, 5.74) is 1.08. The van der Waals surface area contributed by atoms with Crippen LogP contribution in [0.2, 0.25) is 5.02 Å². The van der Waals surface area contributed by atoms with Crippen molar-refractivity contribution in [3.8, 4) is 5.75 Å². The molecule has 9 heteroatoms. The molecule has 2 aromatic rings. The summed E-state index contributed by atoms with van der Waals surface area (Å²) < 4.78 is 33.5. The Balaban J connectivity index is 1.30. The number of likely N-dealkylation sites (tertiary alicyclic amines) is 1. The van der Waals surface area contributed by atoms with Crippen LogP contribution in [0.1, 0.15) is 31.2 Å². The quantitative estimate of drug-likeness (QED) is 0.582. The normalized spacial score (nSPS) is 17.4. The van der Waals surface area contributed by atoms with Crippen LogP contribution in [0.5, 0.6) is 5.75 Å². The van der Waals surface area contributed by atoms with E-state index in [4.69, 9.17) is 16.3 Å². The lowest BCUT2D eigenvalue weighted by Crippen LogP contribution is -2.50. The minimum Gasteiger partial charge on any atom is -0.497 e. The maximum absolute atomic E-state index is 13.3. The van der Waals surface area contributed by atoms with Crippen molar-refractivity contribution in [2.45, 2.75) is 49.2 Å². The number of carbonyl (C=O) groups is 1. The summed E-state index contributed by atoms with van der Waals surface area (Å²) in [6.07, 6.45) is 3.07. The average molecular weight is 492 g/mol. The molecule has 2 aromatic carbocycles. The van der Waals surface area contributed by atoms with Crippen molar-refractivity contribution in [3.05, 3.63) is 59.1 Å². The number of benzene rings is 2. The number of hydrogen-bond donors (Lipinski definition) is 1. The van der Waals surface area contributed by atoms with Crippen molar-refractivity contribution in [3.63, 3.8) is 0 Å². The molecule has 2 fully saturated rings. The number of amides is 1. The Bertz CT molecular complexity index is 1050. The second kappa shape index (κ2) is 10.4. The molecule has 4 rings (SSSR count). The first kappa shape index (κ1) is 24.0. The summed E-state index contributed by atoms with van der Waals surface area (Å²) >= 11 is 5.94. The molecule has 0 atom stereocenters. The van der Waals surface area contributed by atoms with Crippen LogP contribution in [0.4, 0.5) is 0 Å². The molecular weight excluding hydrogens is 462 g/mol. The number of carbonyl (C=O) groups excluding carboxylic acids is 1. The van der Waals surface area contributed by atoms with Gasteiger partial charge in [-0.05, 0) is 67.6 Å². The minimum absolute atomic E-state index is 0.0421. The Kier molecular flexibility index (Phi) is 7.58. The number of nitrogens with one attached hydrogen (secondary N) is 1. The molecule has 33 heavy (non-hydrogen) atoms. The second-order valence-electron chi connectivity index (χ2n) is 8.58. The molecule has 0 unspecified atom stereocenters. The van der Waals surface area contributed by atoms with E-state index in [0.717, 1.165) is 24.2 Å². The van der Waals surface area contributed by atoms with Crippen LogP contribution in [0, 0.1) is 0 Å². The van der Waals surface area contributed by atoms with Gasteiger partial charge in [0.05, 0.1) is 18.6 Å². The van der Waals surface area contributed by atoms with E-state index in [2.05, 4.69) is 5.32 Å². The molecule has 178 valence electrons. The second-order valence-corrected chi connectivity index (χ2v) is 10.9. The van der Waals surface area contributed by atoms with Gasteiger partial charge >= 0.3 is 0 Å². The maximum atomic E-state index is 13.3. The van der Waals surface area contributed by atoms with Crippen molar-refractivity contribution in [1.82, 2.24) is 14.5 Å². The first-order chi connectivity index (χ1) is 15.9. The van der Waals surface area contributed by atoms with Crippen molar-refractivity contribution in [2.24, 2.45) is 0 Å². The van der Waals surface area contributed by atoms with E-state index in [1.54, 1.807) is 35.7 Å². The lowest BCUT2D eigenvalue weighted by molar-refractivity contribution is -0.131. The molecule has 0 radical (unpaired) electrons. The van der Waals surface area contributed by atoms with Crippen molar-refractivity contribution >= 4 is 27.5 Å². The number of nitrogens with zero attached hydrogens (tertiary/aromatic N) is 2. The van der Waals surface area contributed by atoms with E-state index in [9.17, 15) is 13.2 Å². The van der Waals surface area contributed by atoms with Crippen LogP contribution in [0.25, 0.3) is 0 Å². The van der Waals surface area contributed by atoms with Crippen molar-refractivity contribution in [2.75, 3.05) is 26.7 Å². The summed E-state index contributed by atoms with van der Waals surface area (Å²) in [7, 11) is -1.96. The Morgan fingerprint density at radius 1 is 1.03 bits per heavy atom. The van der Waals surface area contributed by atoms with Gasteiger partial charge < -0.3 is 15.0 Å². The summed E-state index contributed by atoms with van der Waals surface area (Å²) in [5.74, 6) is 0.844. The molecule has 0 bridgehead atoms. The lowest BCUT2D eigenvalue weighted by atomic mass is 10.0. The number of halogens is 1. The van der Waals surface area contributed by atoms with Gasteiger partial charge in [-0.15, -0.1) is 0 Å². The number of ether oxygens (including phenoxy) is 1. The van der Waals surface area contributed by atoms with E-state index in [1.807, 2.05) is 29.2 Å². The predicted molar refractivity (Wildman–Crippen MR) is 128 cm³/mol. The largest absolute Gasteiger partial charge is 0.497 e. The zero-order valence-corrected chi connectivity index (χ0v) is 20.3. The molecule has 1 aliphatic heterocycles. The topological polar surface area (TPSA) is 79.0 Å². The van der Waals surface area contributed by atoms with Gasteiger partial charge in [0.15, 0.2) is 0 Å². The molecule has 0 aromatic heterocycles. The van der Waals surface area contributed by atoms with Crippen LogP contribution in [-0.2, 0) is 21.4 Å². The number of piperidine rings is 1. The minimum atomic E-state index is -3.59. The highest BCUT2D eigenvalue weighted by Crippen LogP contribution is 2.36. The number of methoxy groups -OCH3 is 1. The van der Waals surface area contributed by atoms with E-state index >= 15 is 0 Å². The number of rotatable bonds is 9. The highest BCUT2D eigenvalue weighted by Gasteiger charge is 2.43. The van der Waals surface area contributed by atoms with Crippen LogP contribution in [0.15, 0.2) is 53.4 Å². The number of hydrogen-bond acceptors (Lipinski definition) is 5. The fraction of sp³-hybridized carbons (Fsp3) is 0.458. The lowest BCUT2D eigenvalue weighted by Gasteiger charge is -2.38. The summed E-state index contributed by atoms with van der Waals surface area (Å²) in [6, 6.07) is 14.1. The van der Waals surface area contributed by atoms with Crippen molar-refractivity contribution < 1.29 is 17.9 Å². The molecule has 1 N–H and O–H groups in total. The fourth-order valence-electron chi connectivity index (χ4n) is 4.29. The van der Waals surface area contributed by atoms with Crippen molar-refractivity contribution in [1.29, 1.82) is 0 Å². The fourth-order valence-corrected chi connectivity index (χ4v) is 6.34. The molecular formula is C24H30ClN3O4S. The zero-order valence-electron chi connectivity index (χ0n) is 18.7. The third kappa shape index (κ3) is 5.87. The molecule has 2 aliphatic rings. The van der Waals surface area contributed by atoms with E-state index in [-0.39, 0.29) is 29.4 Å². The van der Waals surface area contributed by atoms with Gasteiger partial charge in [-0.1, -0.05) is 23.7 Å². The Morgan fingerprint density at radius 3 is 2.21 bits per heavy atom. The van der Waals surface area contributed by atoms with Crippen LogP contribution in [-0.4, -0.2) is 62.4 Å². The van der Waals surface area contributed by atoms with E-state index in [1.165, 1.54) is 0 Å². The summed E-state index contributed by atoms with van der Waals surface area (Å²) in [4.78, 5) is 14.8. The first-order valence-corrected chi connectivity index (χ1v) is 13.1. The highest BCUT2D eigenvalue weighted by molar-refractivity contribution is 7.89. The van der Waals surface area contributed by atoms with Crippen LogP contribution < -0.4 is 10.1 Å². The molecule has 0 spiro atoms. The molecule has 1 amide bonds. The smallest absolute Gasteiger partial charge is 0.243 e. The van der Waals surface area contributed by atoms with Gasteiger partial charge in [0.2, 0.25) is 15.9 Å². The van der Waals surface area contributed by atoms with Gasteiger partial charge in [0.25, 0.3) is 0 Å².